The number of piperidine rings is 1. The van der Waals surface area contributed by atoms with Crippen molar-refractivity contribution in [2.45, 2.75) is 54.6 Å². The molecule has 2 aromatic heterocycles. The molecule has 11 nitrogen and oxygen atoms in total. The van der Waals surface area contributed by atoms with Gasteiger partial charge in [-0.1, -0.05) is 0 Å². The van der Waals surface area contributed by atoms with Gasteiger partial charge in [0.25, 0.3) is 0 Å². The van der Waals surface area contributed by atoms with Crippen molar-refractivity contribution in [3.63, 3.8) is 0 Å². The number of aromatic amines is 1. The fraction of sp³-hybridized carbons (Fsp3) is 0.423. The molecule has 18 heteroatoms. The van der Waals surface area contributed by atoms with Crippen LogP contribution in [0.25, 0.3) is 0 Å². The molecule has 1 amide bonds. The minimum atomic E-state index is -5.08. The highest BCUT2D eigenvalue weighted by Gasteiger charge is 2.38. The summed E-state index contributed by atoms with van der Waals surface area (Å²) < 4.78 is 69.0. The summed E-state index contributed by atoms with van der Waals surface area (Å²) in [7, 11) is 0. The number of carboxylic acid groups (broad SMARTS) is 1. The molecule has 2 unspecified atom stereocenters. The van der Waals surface area contributed by atoms with Gasteiger partial charge in [-0.05, 0) is 68.3 Å². The summed E-state index contributed by atoms with van der Waals surface area (Å²) in [6, 6.07) is 10.8. The average molecular weight is 647 g/mol. The first kappa shape index (κ1) is 32.8. The second-order valence-electron chi connectivity index (χ2n) is 10.1. The zero-order valence-corrected chi connectivity index (χ0v) is 23.9. The molecule has 4 heterocycles. The topological polar surface area (TPSA) is 148 Å². The number of H-pyrrole nitrogens is 1. The lowest BCUT2D eigenvalue weighted by Gasteiger charge is -2.24. The summed E-state index contributed by atoms with van der Waals surface area (Å²) in [6.45, 7) is 4.73. The number of carbonyl (C=O) groups excluding carboxylic acids is 1. The minimum absolute atomic E-state index is 0.289. The number of fused-ring (bicyclic) bond motifs is 1. The van der Waals surface area contributed by atoms with E-state index >= 15 is 0 Å². The molecule has 0 bridgehead atoms. The number of nitrogens with zero attached hydrogens (tertiary/aromatic N) is 4. The van der Waals surface area contributed by atoms with Crippen LogP contribution in [-0.2, 0) is 9.59 Å². The van der Waals surface area contributed by atoms with Gasteiger partial charge in [-0.15, -0.1) is 0 Å². The van der Waals surface area contributed by atoms with Gasteiger partial charge in [0.05, 0.1) is 5.69 Å². The van der Waals surface area contributed by atoms with Crippen molar-refractivity contribution in [1.82, 2.24) is 25.5 Å². The summed E-state index contributed by atoms with van der Waals surface area (Å²) >= 11 is 1.33. The van der Waals surface area contributed by atoms with E-state index in [-0.39, 0.29) is 5.69 Å². The number of aryl methyl sites for hydroxylation is 1. The number of hydrogen-bond donors (Lipinski definition) is 5. The lowest BCUT2D eigenvalue weighted by atomic mass is 9.94. The fourth-order valence-electron chi connectivity index (χ4n) is 4.64. The number of alkyl halides is 6. The summed E-state index contributed by atoms with van der Waals surface area (Å²) in [6.07, 6.45) is -8.78. The monoisotopic (exact) mass is 646 g/mol. The van der Waals surface area contributed by atoms with Crippen LogP contribution >= 0.6 is 11.8 Å². The summed E-state index contributed by atoms with van der Waals surface area (Å²) in [5.41, 5.74) is 1.14. The van der Waals surface area contributed by atoms with E-state index in [4.69, 9.17) is 14.9 Å². The Hall–Kier alpha value is -4.06. The van der Waals surface area contributed by atoms with Crippen molar-refractivity contribution in [3.05, 3.63) is 42.1 Å². The van der Waals surface area contributed by atoms with Crippen LogP contribution < -0.4 is 20.9 Å². The van der Waals surface area contributed by atoms with Crippen molar-refractivity contribution >= 4 is 46.8 Å². The Labute approximate surface area is 251 Å². The highest BCUT2D eigenvalue weighted by molar-refractivity contribution is 7.99. The number of anilines is 4. The van der Waals surface area contributed by atoms with Gasteiger partial charge in [0.15, 0.2) is 5.16 Å². The van der Waals surface area contributed by atoms with Gasteiger partial charge in [0.1, 0.15) is 23.9 Å². The van der Waals surface area contributed by atoms with E-state index in [0.29, 0.717) is 28.8 Å². The lowest BCUT2D eigenvalue weighted by Crippen LogP contribution is -2.40. The van der Waals surface area contributed by atoms with Crippen LogP contribution in [0.4, 0.5) is 49.5 Å². The highest BCUT2D eigenvalue weighted by Crippen LogP contribution is 2.33. The lowest BCUT2D eigenvalue weighted by molar-refractivity contribution is -0.192. The summed E-state index contributed by atoms with van der Waals surface area (Å²) in [5.74, 6) is -1.11. The number of hydrogen-bond acceptors (Lipinski definition) is 9. The molecule has 1 aromatic carbocycles. The van der Waals surface area contributed by atoms with Gasteiger partial charge in [-0.3, -0.25) is 9.89 Å². The maximum Gasteiger partial charge on any atom is 0.490 e. The van der Waals surface area contributed by atoms with Crippen LogP contribution in [0.1, 0.15) is 25.0 Å². The first-order valence-corrected chi connectivity index (χ1v) is 14.1. The van der Waals surface area contributed by atoms with Crippen LogP contribution in [-0.4, -0.2) is 75.2 Å². The first-order valence-electron chi connectivity index (χ1n) is 13.3. The quantitative estimate of drug-likeness (QED) is 0.173. The van der Waals surface area contributed by atoms with Crippen LogP contribution in [0.15, 0.2) is 46.5 Å². The van der Waals surface area contributed by atoms with E-state index in [9.17, 15) is 31.1 Å². The largest absolute Gasteiger partial charge is 0.490 e. The molecule has 0 aliphatic carbocycles. The predicted octanol–water partition coefficient (Wildman–Crippen LogP) is 5.12. The van der Waals surface area contributed by atoms with Crippen molar-refractivity contribution in [2.24, 2.45) is 5.92 Å². The number of amides is 1. The third kappa shape index (κ3) is 9.73. The maximum atomic E-state index is 12.4. The number of carbonyl (C=O) groups is 2. The molecule has 5 rings (SSSR count). The van der Waals surface area contributed by atoms with Gasteiger partial charge in [0.2, 0.25) is 5.91 Å². The van der Waals surface area contributed by atoms with Crippen molar-refractivity contribution in [2.75, 3.05) is 35.2 Å². The van der Waals surface area contributed by atoms with Crippen LogP contribution in [0.2, 0.25) is 0 Å². The molecule has 2 aliphatic heterocycles. The zero-order chi connectivity index (χ0) is 32.1. The number of halogens is 6. The molecule has 5 N–H and O–H groups in total. The molecular formula is C26H28F6N8O3S. The Morgan fingerprint density at radius 3 is 2.39 bits per heavy atom. The number of rotatable bonds is 7. The third-order valence-corrected chi connectivity index (χ3v) is 7.41. The Bertz CT molecular complexity index is 1440. The second-order valence-corrected chi connectivity index (χ2v) is 11.1. The van der Waals surface area contributed by atoms with Gasteiger partial charge in [-0.2, -0.15) is 31.4 Å². The standard InChI is InChI=1S/C24H27F3N8OS.C2HF3O2/c1-14-9-20(34-33-14)30-19-10-21(35-12-15-3-2-8-28-18(15)13-35)32-23(31-19)37-17-6-4-16(5-7-17)29-22(36)11-24(25,26)27;3-2(4,5)1(6)7/h4-7,9-10,15,18,28H,2-3,8,11-13H2,1H3,(H,29,36)(H2,30,31,32,33,34);(H,6,7). The Kier molecular flexibility index (Phi) is 10.2. The number of carboxylic acids is 1. The maximum absolute atomic E-state index is 12.4. The number of benzene rings is 1. The van der Waals surface area contributed by atoms with E-state index in [1.807, 2.05) is 19.1 Å². The molecule has 2 aliphatic rings. The normalized spacial score (nSPS) is 18.2. The molecule has 238 valence electrons. The van der Waals surface area contributed by atoms with E-state index in [1.54, 1.807) is 24.3 Å². The predicted molar refractivity (Wildman–Crippen MR) is 149 cm³/mol. The Morgan fingerprint density at radius 1 is 1.09 bits per heavy atom. The minimum Gasteiger partial charge on any atom is -0.475 e. The highest BCUT2D eigenvalue weighted by atomic mass is 32.2. The molecule has 2 saturated heterocycles. The second kappa shape index (κ2) is 13.7. The van der Waals surface area contributed by atoms with E-state index < -0.39 is 30.6 Å². The average Bonchev–Trinajstić information content (AvgIpc) is 3.54. The fourth-order valence-corrected chi connectivity index (χ4v) is 5.41. The van der Waals surface area contributed by atoms with Crippen LogP contribution in [0, 0.1) is 12.8 Å². The first-order chi connectivity index (χ1) is 20.6. The zero-order valence-electron chi connectivity index (χ0n) is 23.1. The Balaban J connectivity index is 0.000000566. The van der Waals surface area contributed by atoms with Crippen LogP contribution in [0.5, 0.6) is 0 Å². The van der Waals surface area contributed by atoms with Crippen LogP contribution in [0.3, 0.4) is 0 Å². The molecule has 0 radical (unpaired) electrons. The van der Waals surface area contributed by atoms with Crippen molar-refractivity contribution in [3.8, 4) is 0 Å². The van der Waals surface area contributed by atoms with Gasteiger partial charge in [0, 0.05) is 41.8 Å². The molecule has 2 atom stereocenters. The molecule has 0 spiro atoms. The Morgan fingerprint density at radius 2 is 1.80 bits per heavy atom. The van der Waals surface area contributed by atoms with Gasteiger partial charge >= 0.3 is 18.3 Å². The van der Waals surface area contributed by atoms with Crippen molar-refractivity contribution < 1.29 is 41.0 Å². The number of aromatic nitrogens is 4. The van der Waals surface area contributed by atoms with Gasteiger partial charge in [-0.25, -0.2) is 14.8 Å². The van der Waals surface area contributed by atoms with E-state index in [1.165, 1.54) is 24.6 Å². The molecule has 3 aromatic rings. The molecule has 2 fully saturated rings. The van der Waals surface area contributed by atoms with Gasteiger partial charge < -0.3 is 26.0 Å². The number of nitrogens with one attached hydrogen (secondary N) is 4. The molecule has 0 saturated carbocycles. The molecular weight excluding hydrogens is 618 g/mol. The van der Waals surface area contributed by atoms with Crippen molar-refractivity contribution in [1.29, 1.82) is 0 Å². The third-order valence-electron chi connectivity index (χ3n) is 6.53. The summed E-state index contributed by atoms with van der Waals surface area (Å²) in [5, 5.41) is 23.9. The number of aliphatic carboxylic acids is 1. The SMILES string of the molecule is Cc1cc(Nc2cc(N3CC4CCCNC4C3)nc(Sc3ccc(NC(=O)CC(F)(F)F)cc3)n2)[nH]n1.O=C(O)C(F)(F)F. The smallest absolute Gasteiger partial charge is 0.475 e. The van der Waals surface area contributed by atoms with E-state index in [2.05, 4.69) is 36.0 Å². The van der Waals surface area contributed by atoms with E-state index in [0.717, 1.165) is 36.0 Å². The summed E-state index contributed by atoms with van der Waals surface area (Å²) in [4.78, 5) is 33.0. The molecule has 44 heavy (non-hydrogen) atoms.